The molecule has 0 unspecified atom stereocenters. The largest absolute Gasteiger partial charge is 0.288 e. The fraction of sp³-hybridized carbons (Fsp3) is 0.250. The van der Waals surface area contributed by atoms with E-state index in [4.69, 9.17) is 11.6 Å². The van der Waals surface area contributed by atoms with E-state index >= 15 is 0 Å². The van der Waals surface area contributed by atoms with Crippen molar-refractivity contribution in [2.75, 3.05) is 5.75 Å². The van der Waals surface area contributed by atoms with Crippen LogP contribution in [0.4, 0.5) is 0 Å². The molecule has 0 saturated carbocycles. The van der Waals surface area contributed by atoms with Crippen molar-refractivity contribution in [1.29, 1.82) is 0 Å². The molecular weight excluding hydrogens is 308 g/mol. The van der Waals surface area contributed by atoms with Crippen LogP contribution in [0.15, 0.2) is 28.7 Å². The molecule has 0 radical (unpaired) electrons. The number of rotatable bonds is 4. The Hall–Kier alpha value is -0.250. The standard InChI is InChI=1S/C12H12BrClOS/c1-9(15)16-7-3-2-4-10-5-6-11(14)8-12(10)13/h2,4-6,8H,3,7H2,1H3. The van der Waals surface area contributed by atoms with E-state index in [0.717, 1.165) is 27.2 Å². The maximum Gasteiger partial charge on any atom is 0.185 e. The SMILES string of the molecule is CC(=O)SCCC=Cc1ccc(Cl)cc1Br. The lowest BCUT2D eigenvalue weighted by Gasteiger charge is -1.98. The summed E-state index contributed by atoms with van der Waals surface area (Å²) in [4.78, 5) is 10.7. The smallest absolute Gasteiger partial charge is 0.185 e. The van der Waals surface area contributed by atoms with Crippen molar-refractivity contribution in [1.82, 2.24) is 0 Å². The summed E-state index contributed by atoms with van der Waals surface area (Å²) in [5.74, 6) is 0.830. The Kier molecular flexibility index (Phi) is 6.17. The highest BCUT2D eigenvalue weighted by Crippen LogP contribution is 2.22. The molecule has 0 aliphatic heterocycles. The third-order valence-corrected chi connectivity index (χ3v) is 3.62. The molecule has 0 heterocycles. The zero-order valence-electron chi connectivity index (χ0n) is 8.87. The zero-order valence-corrected chi connectivity index (χ0v) is 12.0. The van der Waals surface area contributed by atoms with Gasteiger partial charge in [-0.1, -0.05) is 57.5 Å². The van der Waals surface area contributed by atoms with Gasteiger partial charge in [-0.2, -0.15) is 0 Å². The number of thioether (sulfide) groups is 1. The quantitative estimate of drug-likeness (QED) is 0.743. The average molecular weight is 320 g/mol. The second kappa shape index (κ2) is 7.15. The van der Waals surface area contributed by atoms with Crippen LogP contribution in [0.2, 0.25) is 5.02 Å². The van der Waals surface area contributed by atoms with E-state index in [-0.39, 0.29) is 5.12 Å². The highest BCUT2D eigenvalue weighted by atomic mass is 79.9. The summed E-state index contributed by atoms with van der Waals surface area (Å²) in [7, 11) is 0. The normalized spacial score (nSPS) is 10.9. The number of allylic oxidation sites excluding steroid dienone is 1. The van der Waals surface area contributed by atoms with Crippen LogP contribution in [0.5, 0.6) is 0 Å². The topological polar surface area (TPSA) is 17.1 Å². The van der Waals surface area contributed by atoms with E-state index in [0.29, 0.717) is 0 Å². The molecule has 1 nitrogen and oxygen atoms in total. The van der Waals surface area contributed by atoms with Gasteiger partial charge in [0.1, 0.15) is 0 Å². The molecule has 1 aromatic carbocycles. The van der Waals surface area contributed by atoms with Gasteiger partial charge in [0, 0.05) is 22.2 Å². The van der Waals surface area contributed by atoms with Crippen molar-refractivity contribution in [2.45, 2.75) is 13.3 Å². The first-order valence-electron chi connectivity index (χ1n) is 4.84. The van der Waals surface area contributed by atoms with Crippen LogP contribution in [0, 0.1) is 0 Å². The third kappa shape index (κ3) is 5.19. The summed E-state index contributed by atoms with van der Waals surface area (Å²) >= 11 is 10.6. The van der Waals surface area contributed by atoms with Crippen molar-refractivity contribution >= 4 is 50.5 Å². The molecule has 1 rings (SSSR count). The monoisotopic (exact) mass is 318 g/mol. The van der Waals surface area contributed by atoms with Gasteiger partial charge in [-0.15, -0.1) is 0 Å². The molecule has 0 aromatic heterocycles. The van der Waals surface area contributed by atoms with Crippen molar-refractivity contribution < 1.29 is 4.79 Å². The molecule has 0 aliphatic rings. The lowest BCUT2D eigenvalue weighted by molar-refractivity contribution is -0.109. The molecule has 86 valence electrons. The fourth-order valence-corrected chi connectivity index (χ4v) is 2.47. The number of hydrogen-bond acceptors (Lipinski definition) is 2. The van der Waals surface area contributed by atoms with E-state index in [1.54, 1.807) is 6.92 Å². The zero-order chi connectivity index (χ0) is 12.0. The van der Waals surface area contributed by atoms with Gasteiger partial charge in [0.15, 0.2) is 5.12 Å². The van der Waals surface area contributed by atoms with Gasteiger partial charge in [-0.05, 0) is 24.1 Å². The third-order valence-electron chi connectivity index (χ3n) is 1.85. The van der Waals surface area contributed by atoms with Gasteiger partial charge in [0.25, 0.3) is 0 Å². The fourth-order valence-electron chi connectivity index (χ4n) is 1.12. The molecule has 1 aromatic rings. The highest BCUT2D eigenvalue weighted by molar-refractivity contribution is 9.10. The minimum absolute atomic E-state index is 0.168. The van der Waals surface area contributed by atoms with Gasteiger partial charge in [-0.25, -0.2) is 0 Å². The van der Waals surface area contributed by atoms with Gasteiger partial charge in [-0.3, -0.25) is 4.79 Å². The van der Waals surface area contributed by atoms with Crippen molar-refractivity contribution in [3.05, 3.63) is 39.3 Å². The summed E-state index contributed by atoms with van der Waals surface area (Å²) in [6, 6.07) is 5.68. The Morgan fingerprint density at radius 2 is 2.31 bits per heavy atom. The molecule has 16 heavy (non-hydrogen) atoms. The number of carbonyl (C=O) groups excluding carboxylic acids is 1. The average Bonchev–Trinajstić information content (AvgIpc) is 2.20. The molecule has 0 atom stereocenters. The maximum absolute atomic E-state index is 10.7. The second-order valence-electron chi connectivity index (χ2n) is 3.20. The molecule has 0 bridgehead atoms. The van der Waals surface area contributed by atoms with Crippen molar-refractivity contribution in [3.63, 3.8) is 0 Å². The van der Waals surface area contributed by atoms with Crippen LogP contribution in [0.1, 0.15) is 18.9 Å². The Balaban J connectivity index is 2.47. The van der Waals surface area contributed by atoms with Crippen LogP contribution < -0.4 is 0 Å². The summed E-state index contributed by atoms with van der Waals surface area (Å²) in [6.45, 7) is 1.59. The van der Waals surface area contributed by atoms with Crippen LogP contribution in [0.3, 0.4) is 0 Å². The van der Waals surface area contributed by atoms with Gasteiger partial charge in [0.2, 0.25) is 0 Å². The lowest BCUT2D eigenvalue weighted by atomic mass is 10.2. The summed E-state index contributed by atoms with van der Waals surface area (Å²) in [6.07, 6.45) is 4.98. The minimum atomic E-state index is 0.168. The second-order valence-corrected chi connectivity index (χ2v) is 5.76. The van der Waals surface area contributed by atoms with Gasteiger partial charge >= 0.3 is 0 Å². The van der Waals surface area contributed by atoms with E-state index in [1.165, 1.54) is 11.8 Å². The van der Waals surface area contributed by atoms with E-state index in [2.05, 4.69) is 22.0 Å². The predicted molar refractivity (Wildman–Crippen MR) is 75.9 cm³/mol. The van der Waals surface area contributed by atoms with Crippen LogP contribution in [-0.4, -0.2) is 10.9 Å². The van der Waals surface area contributed by atoms with E-state index in [9.17, 15) is 4.79 Å². The summed E-state index contributed by atoms with van der Waals surface area (Å²) < 4.78 is 0.982. The molecule has 0 saturated heterocycles. The van der Waals surface area contributed by atoms with Gasteiger partial charge in [0.05, 0.1) is 0 Å². The Morgan fingerprint density at radius 1 is 1.56 bits per heavy atom. The van der Waals surface area contributed by atoms with Crippen LogP contribution >= 0.6 is 39.3 Å². The molecule has 0 fully saturated rings. The first-order valence-corrected chi connectivity index (χ1v) is 7.00. The Morgan fingerprint density at radius 3 is 2.94 bits per heavy atom. The highest BCUT2D eigenvalue weighted by Gasteiger charge is 1.96. The summed E-state index contributed by atoms with van der Waals surface area (Å²) in [5, 5.41) is 0.886. The Labute approximate surface area is 113 Å². The number of benzene rings is 1. The molecular formula is C12H12BrClOS. The maximum atomic E-state index is 10.7. The lowest BCUT2D eigenvalue weighted by Crippen LogP contribution is -1.83. The van der Waals surface area contributed by atoms with Crippen LogP contribution in [-0.2, 0) is 4.79 Å². The predicted octanol–water partition coefficient (Wildman–Crippen LogP) is 4.79. The van der Waals surface area contributed by atoms with Crippen molar-refractivity contribution in [2.24, 2.45) is 0 Å². The number of carbonyl (C=O) groups is 1. The molecule has 0 spiro atoms. The first-order chi connectivity index (χ1) is 7.59. The Bertz CT molecular complexity index is 404. The molecule has 0 amide bonds. The summed E-state index contributed by atoms with van der Waals surface area (Å²) in [5.41, 5.74) is 1.09. The van der Waals surface area contributed by atoms with E-state index in [1.807, 2.05) is 24.3 Å². The van der Waals surface area contributed by atoms with E-state index < -0.39 is 0 Å². The first kappa shape index (κ1) is 13.8. The molecule has 0 aliphatic carbocycles. The van der Waals surface area contributed by atoms with Crippen molar-refractivity contribution in [3.8, 4) is 0 Å². The van der Waals surface area contributed by atoms with Gasteiger partial charge < -0.3 is 0 Å². The number of hydrogen-bond donors (Lipinski definition) is 0. The van der Waals surface area contributed by atoms with Crippen LogP contribution in [0.25, 0.3) is 6.08 Å². The number of halogens is 2. The minimum Gasteiger partial charge on any atom is -0.288 e. The molecule has 4 heteroatoms. The molecule has 0 N–H and O–H groups in total.